The van der Waals surface area contributed by atoms with E-state index in [2.05, 4.69) is 21.2 Å². The Labute approximate surface area is 133 Å². The molecule has 0 saturated carbocycles. The molecule has 22 heavy (non-hydrogen) atoms. The Morgan fingerprint density at radius 2 is 2.23 bits per heavy atom. The molecule has 1 spiro atoms. The van der Waals surface area contributed by atoms with Crippen molar-refractivity contribution in [3.8, 4) is 5.75 Å². The van der Waals surface area contributed by atoms with Crippen LogP contribution in [0.1, 0.15) is 6.42 Å². The van der Waals surface area contributed by atoms with Gasteiger partial charge in [0.25, 0.3) is 5.91 Å². The summed E-state index contributed by atoms with van der Waals surface area (Å²) >= 11 is 3.30. The van der Waals surface area contributed by atoms with E-state index < -0.39 is 29.6 Å². The molecule has 116 valence electrons. The van der Waals surface area contributed by atoms with Crippen molar-refractivity contribution < 1.29 is 24.2 Å². The Kier molecular flexibility index (Phi) is 3.24. The van der Waals surface area contributed by atoms with E-state index in [1.807, 2.05) is 0 Å². The highest BCUT2D eigenvalue weighted by Gasteiger charge is 2.56. The Morgan fingerprint density at radius 1 is 1.50 bits per heavy atom. The van der Waals surface area contributed by atoms with Crippen LogP contribution in [0.25, 0.3) is 0 Å². The molecule has 1 fully saturated rings. The van der Waals surface area contributed by atoms with Gasteiger partial charge in [0, 0.05) is 10.9 Å². The number of hydrogen-bond donors (Lipinski definition) is 3. The number of carboxylic acid groups (broad SMARTS) is 1. The molecule has 9 heteroatoms. The minimum atomic E-state index is -1.45. The molecule has 1 saturated heterocycles. The number of nitrogens with one attached hydrogen (secondary N) is 1. The zero-order valence-corrected chi connectivity index (χ0v) is 12.8. The van der Waals surface area contributed by atoms with Crippen LogP contribution < -0.4 is 15.8 Å². The predicted molar refractivity (Wildman–Crippen MR) is 78.5 cm³/mol. The van der Waals surface area contributed by atoms with Crippen LogP contribution in [0.4, 0.5) is 10.5 Å². The van der Waals surface area contributed by atoms with E-state index in [0.717, 1.165) is 9.37 Å². The van der Waals surface area contributed by atoms with Gasteiger partial charge in [0.05, 0.1) is 12.2 Å². The second-order valence-electron chi connectivity index (χ2n) is 5.22. The number of rotatable bonds is 1. The summed E-state index contributed by atoms with van der Waals surface area (Å²) in [7, 11) is 0. The number of nitrogens with two attached hydrogens (primary N) is 1. The molecule has 4 N–H and O–H groups in total. The SMILES string of the molecule is NC(=O)[C@@H]1C[C@]2(CN1C(=O)O)Oc1cc(Br)ccc1NC2=O. The molecule has 0 bridgehead atoms. The number of benzene rings is 1. The van der Waals surface area contributed by atoms with Crippen LogP contribution >= 0.6 is 15.9 Å². The van der Waals surface area contributed by atoms with Gasteiger partial charge in [-0.2, -0.15) is 0 Å². The molecule has 0 radical (unpaired) electrons. The van der Waals surface area contributed by atoms with Gasteiger partial charge in [-0.05, 0) is 18.2 Å². The zero-order valence-electron chi connectivity index (χ0n) is 11.2. The Hall–Kier alpha value is -2.29. The van der Waals surface area contributed by atoms with Crippen LogP contribution in [0.2, 0.25) is 0 Å². The molecule has 2 aliphatic heterocycles. The lowest BCUT2D eigenvalue weighted by Gasteiger charge is -2.34. The summed E-state index contributed by atoms with van der Waals surface area (Å²) in [6.45, 7) is -0.256. The Bertz CT molecular complexity index is 670. The molecular weight excluding hydrogens is 358 g/mol. The monoisotopic (exact) mass is 369 g/mol. The summed E-state index contributed by atoms with van der Waals surface area (Å²) in [4.78, 5) is 36.0. The largest absolute Gasteiger partial charge is 0.473 e. The molecule has 2 atom stereocenters. The maximum atomic E-state index is 12.4. The maximum absolute atomic E-state index is 12.4. The van der Waals surface area contributed by atoms with Crippen LogP contribution in [0.5, 0.6) is 5.75 Å². The number of primary amides is 1. The molecule has 1 aromatic carbocycles. The number of carbonyl (C=O) groups excluding carboxylic acids is 2. The van der Waals surface area contributed by atoms with Crippen molar-refractivity contribution in [1.82, 2.24) is 4.90 Å². The molecule has 1 aromatic rings. The van der Waals surface area contributed by atoms with Gasteiger partial charge in [-0.1, -0.05) is 15.9 Å². The van der Waals surface area contributed by atoms with Crippen LogP contribution in [0.3, 0.4) is 0 Å². The van der Waals surface area contributed by atoms with Crippen molar-refractivity contribution in [2.75, 3.05) is 11.9 Å². The summed E-state index contributed by atoms with van der Waals surface area (Å²) in [5.74, 6) is -0.891. The number of halogens is 1. The van der Waals surface area contributed by atoms with Crippen molar-refractivity contribution in [2.45, 2.75) is 18.1 Å². The smallest absolute Gasteiger partial charge is 0.408 e. The third kappa shape index (κ3) is 2.17. The van der Waals surface area contributed by atoms with Crippen LogP contribution in [0, 0.1) is 0 Å². The first-order valence-corrected chi connectivity index (χ1v) is 7.20. The average Bonchev–Trinajstić information content (AvgIpc) is 2.82. The first-order chi connectivity index (χ1) is 10.3. The summed E-state index contributed by atoms with van der Waals surface area (Å²) in [6, 6.07) is 3.97. The first kappa shape index (κ1) is 14.6. The fourth-order valence-electron chi connectivity index (χ4n) is 2.74. The van der Waals surface area contributed by atoms with Gasteiger partial charge < -0.3 is 20.9 Å². The lowest BCUT2D eigenvalue weighted by molar-refractivity contribution is -0.131. The van der Waals surface area contributed by atoms with Crippen molar-refractivity contribution in [2.24, 2.45) is 5.73 Å². The fourth-order valence-corrected chi connectivity index (χ4v) is 3.08. The predicted octanol–water partition coefficient (Wildman–Crippen LogP) is 0.756. The molecule has 0 aliphatic carbocycles. The number of fused-ring (bicyclic) bond motifs is 1. The number of carbonyl (C=O) groups is 3. The summed E-state index contributed by atoms with van der Waals surface area (Å²) < 4.78 is 6.53. The molecule has 2 aliphatic rings. The Balaban J connectivity index is 1.99. The van der Waals surface area contributed by atoms with Crippen LogP contribution in [-0.4, -0.2) is 46.1 Å². The van der Waals surface area contributed by atoms with Gasteiger partial charge in [0.2, 0.25) is 11.5 Å². The third-order valence-corrected chi connectivity index (χ3v) is 4.30. The third-order valence-electron chi connectivity index (χ3n) is 3.81. The van der Waals surface area contributed by atoms with Gasteiger partial charge >= 0.3 is 6.09 Å². The zero-order chi connectivity index (χ0) is 16.1. The van der Waals surface area contributed by atoms with E-state index >= 15 is 0 Å². The lowest BCUT2D eigenvalue weighted by atomic mass is 9.96. The number of ether oxygens (including phenoxy) is 1. The molecular formula is C13H12BrN3O5. The summed E-state index contributed by atoms with van der Waals surface area (Å²) in [6.07, 6.45) is -1.44. The van der Waals surface area contributed by atoms with Crippen molar-refractivity contribution in [1.29, 1.82) is 0 Å². The van der Waals surface area contributed by atoms with Crippen LogP contribution in [0.15, 0.2) is 22.7 Å². The Morgan fingerprint density at radius 3 is 2.82 bits per heavy atom. The normalized spacial score (nSPS) is 26.3. The van der Waals surface area contributed by atoms with E-state index in [1.165, 1.54) is 0 Å². The van der Waals surface area contributed by atoms with Gasteiger partial charge in [-0.25, -0.2) is 4.79 Å². The number of hydrogen-bond acceptors (Lipinski definition) is 4. The van der Waals surface area contributed by atoms with Crippen molar-refractivity contribution in [3.63, 3.8) is 0 Å². The minimum Gasteiger partial charge on any atom is -0.473 e. The highest BCUT2D eigenvalue weighted by molar-refractivity contribution is 9.10. The standard InChI is InChI=1S/C13H12BrN3O5/c14-6-1-2-7-9(3-6)22-13(11(19)16-7)4-8(10(15)18)17(5-13)12(20)21/h1-3,8H,4-5H2,(H2,15,18)(H,16,19)(H,20,21)/t8-,13+/m0/s1. The topological polar surface area (TPSA) is 122 Å². The maximum Gasteiger partial charge on any atom is 0.408 e. The summed E-state index contributed by atoms with van der Waals surface area (Å²) in [5.41, 5.74) is 4.28. The molecule has 2 heterocycles. The van der Waals surface area contributed by atoms with Crippen molar-refractivity contribution in [3.05, 3.63) is 22.7 Å². The van der Waals surface area contributed by atoms with Gasteiger partial charge in [0.1, 0.15) is 11.8 Å². The fraction of sp³-hybridized carbons (Fsp3) is 0.308. The highest BCUT2D eigenvalue weighted by Crippen LogP contribution is 2.41. The highest BCUT2D eigenvalue weighted by atomic mass is 79.9. The molecule has 0 aromatic heterocycles. The lowest BCUT2D eigenvalue weighted by Crippen LogP contribution is -2.53. The van der Waals surface area contributed by atoms with Gasteiger partial charge in [-0.3, -0.25) is 14.5 Å². The number of amides is 3. The van der Waals surface area contributed by atoms with E-state index in [0.29, 0.717) is 11.4 Å². The minimum absolute atomic E-state index is 0.119. The second kappa shape index (κ2) is 4.87. The van der Waals surface area contributed by atoms with E-state index in [4.69, 9.17) is 10.5 Å². The molecule has 3 amide bonds. The molecule has 0 unspecified atom stereocenters. The van der Waals surface area contributed by atoms with E-state index in [-0.39, 0.29) is 13.0 Å². The number of likely N-dealkylation sites (tertiary alicyclic amines) is 1. The molecule has 8 nitrogen and oxygen atoms in total. The first-order valence-electron chi connectivity index (χ1n) is 6.41. The van der Waals surface area contributed by atoms with Crippen molar-refractivity contribution >= 4 is 39.5 Å². The van der Waals surface area contributed by atoms with Gasteiger partial charge in [0.15, 0.2) is 0 Å². The quantitative estimate of drug-likeness (QED) is 0.674. The average molecular weight is 370 g/mol. The summed E-state index contributed by atoms with van der Waals surface area (Å²) in [5, 5.41) is 11.9. The van der Waals surface area contributed by atoms with E-state index in [9.17, 15) is 19.5 Å². The molecule has 3 rings (SSSR count). The number of nitrogens with zero attached hydrogens (tertiary/aromatic N) is 1. The van der Waals surface area contributed by atoms with Crippen LogP contribution in [-0.2, 0) is 9.59 Å². The number of anilines is 1. The van der Waals surface area contributed by atoms with E-state index in [1.54, 1.807) is 18.2 Å². The second-order valence-corrected chi connectivity index (χ2v) is 6.14. The van der Waals surface area contributed by atoms with Gasteiger partial charge in [-0.15, -0.1) is 0 Å².